The van der Waals surface area contributed by atoms with Gasteiger partial charge in [-0.1, -0.05) is 36.4 Å². The second kappa shape index (κ2) is 10.7. The number of hydrogen-bond donors (Lipinski definition) is 2. The molecular weight excluding hydrogens is 459 g/mol. The van der Waals surface area contributed by atoms with E-state index in [9.17, 15) is 14.5 Å². The zero-order valence-electron chi connectivity index (χ0n) is 19.9. The Morgan fingerprint density at radius 2 is 1.72 bits per heavy atom. The number of imidazole rings is 1. The van der Waals surface area contributed by atoms with Crippen molar-refractivity contribution >= 4 is 28.4 Å². The summed E-state index contributed by atoms with van der Waals surface area (Å²) in [6.07, 6.45) is 1.95. The second-order valence-corrected chi connectivity index (χ2v) is 9.10. The molecular formula is C27H29FN6O2. The second-order valence-electron chi connectivity index (χ2n) is 9.10. The van der Waals surface area contributed by atoms with Crippen LogP contribution in [0.3, 0.4) is 0 Å². The predicted molar refractivity (Wildman–Crippen MR) is 140 cm³/mol. The summed E-state index contributed by atoms with van der Waals surface area (Å²) in [5.41, 5.74) is 3.65. The van der Waals surface area contributed by atoms with Gasteiger partial charge in [0.15, 0.2) is 0 Å². The van der Waals surface area contributed by atoms with Crippen LogP contribution in [0.15, 0.2) is 72.8 Å². The van der Waals surface area contributed by atoms with E-state index in [4.69, 9.17) is 4.98 Å². The lowest BCUT2D eigenvalue weighted by Gasteiger charge is -2.32. The topological polar surface area (TPSA) is 88.3 Å². The number of anilines is 2. The fourth-order valence-electron chi connectivity index (χ4n) is 4.73. The number of fused-ring (bicyclic) bond motifs is 1. The summed E-state index contributed by atoms with van der Waals surface area (Å²) >= 11 is 0. The molecule has 0 aliphatic carbocycles. The number of benzene rings is 3. The molecule has 0 saturated carbocycles. The number of para-hydroxylation sites is 4. The van der Waals surface area contributed by atoms with Gasteiger partial charge >= 0.3 is 0 Å². The largest absolute Gasteiger partial charge is 0.378 e. The van der Waals surface area contributed by atoms with Crippen LogP contribution in [0.25, 0.3) is 11.0 Å². The summed E-state index contributed by atoms with van der Waals surface area (Å²) in [7, 11) is 0. The first kappa shape index (κ1) is 23.7. The summed E-state index contributed by atoms with van der Waals surface area (Å²) < 4.78 is 15.5. The monoisotopic (exact) mass is 488 g/mol. The van der Waals surface area contributed by atoms with Crippen LogP contribution >= 0.6 is 0 Å². The lowest BCUT2D eigenvalue weighted by Crippen LogP contribution is -2.41. The number of hydrogen-bond acceptors (Lipinski definition) is 6. The average molecular weight is 489 g/mol. The maximum absolute atomic E-state index is 13.4. The number of aromatic nitrogens is 2. The van der Waals surface area contributed by atoms with Crippen LogP contribution in [0, 0.1) is 15.9 Å². The van der Waals surface area contributed by atoms with Crippen molar-refractivity contribution in [1.29, 1.82) is 0 Å². The quantitative estimate of drug-likeness (QED) is 0.251. The van der Waals surface area contributed by atoms with Crippen molar-refractivity contribution in [3.8, 4) is 0 Å². The number of rotatable bonds is 9. The fourth-order valence-corrected chi connectivity index (χ4v) is 4.73. The number of nitrogens with one attached hydrogen (secondary N) is 2. The Hall–Kier alpha value is -3.98. The molecule has 1 saturated heterocycles. The third-order valence-electron chi connectivity index (χ3n) is 6.67. The molecule has 186 valence electrons. The number of piperidine rings is 1. The van der Waals surface area contributed by atoms with Crippen LogP contribution in [-0.2, 0) is 6.54 Å². The van der Waals surface area contributed by atoms with E-state index in [2.05, 4.69) is 26.2 Å². The van der Waals surface area contributed by atoms with Gasteiger partial charge in [-0.05, 0) is 48.7 Å². The number of nitrogens with zero attached hydrogens (tertiary/aromatic N) is 4. The Labute approximate surface area is 208 Å². The van der Waals surface area contributed by atoms with E-state index in [1.54, 1.807) is 18.2 Å². The Morgan fingerprint density at radius 3 is 2.50 bits per heavy atom. The van der Waals surface area contributed by atoms with Crippen molar-refractivity contribution in [2.45, 2.75) is 25.4 Å². The smallest absolute Gasteiger partial charge is 0.292 e. The van der Waals surface area contributed by atoms with Crippen molar-refractivity contribution in [3.05, 3.63) is 94.3 Å². The molecule has 1 aliphatic rings. The molecule has 2 heterocycles. The first-order chi connectivity index (χ1) is 17.6. The summed E-state index contributed by atoms with van der Waals surface area (Å²) in [5.74, 6) is 0.591. The van der Waals surface area contributed by atoms with Crippen molar-refractivity contribution in [2.75, 3.05) is 36.8 Å². The van der Waals surface area contributed by atoms with Gasteiger partial charge in [0.25, 0.3) is 5.69 Å². The van der Waals surface area contributed by atoms with Crippen molar-refractivity contribution in [2.24, 2.45) is 0 Å². The van der Waals surface area contributed by atoms with Gasteiger partial charge in [0.1, 0.15) is 11.5 Å². The molecule has 0 spiro atoms. The van der Waals surface area contributed by atoms with Gasteiger partial charge < -0.3 is 20.1 Å². The van der Waals surface area contributed by atoms with Gasteiger partial charge in [0, 0.05) is 38.3 Å². The maximum Gasteiger partial charge on any atom is 0.292 e. The minimum atomic E-state index is -0.358. The van der Waals surface area contributed by atoms with Crippen molar-refractivity contribution < 1.29 is 9.31 Å². The third kappa shape index (κ3) is 5.46. The number of nitro groups is 1. The summed E-state index contributed by atoms with van der Waals surface area (Å²) in [5, 5.41) is 18.1. The molecule has 3 aromatic carbocycles. The first-order valence-electron chi connectivity index (χ1n) is 12.2. The highest BCUT2D eigenvalue weighted by Gasteiger charge is 2.21. The molecule has 1 aromatic heterocycles. The standard InChI is InChI=1S/C27H29FN6O2/c28-21-11-9-20(10-12-21)19-33-25-7-3-2-6-24(25)31-27(33)30-22-13-16-32(17-14-22)18-15-29-23-5-1-4-8-26(23)34(35)36/h1-12,22,29H,13-19H2,(H,30,31). The third-order valence-corrected chi connectivity index (χ3v) is 6.67. The van der Waals surface area contributed by atoms with Gasteiger partial charge in [-0.25, -0.2) is 9.37 Å². The lowest BCUT2D eigenvalue weighted by molar-refractivity contribution is -0.384. The molecule has 8 nitrogen and oxygen atoms in total. The zero-order chi connectivity index (χ0) is 24.9. The summed E-state index contributed by atoms with van der Waals surface area (Å²) in [6, 6.07) is 21.7. The van der Waals surface area contributed by atoms with Crippen LogP contribution < -0.4 is 10.6 Å². The van der Waals surface area contributed by atoms with E-state index in [-0.39, 0.29) is 16.4 Å². The van der Waals surface area contributed by atoms with Crippen LogP contribution in [0.5, 0.6) is 0 Å². The van der Waals surface area contributed by atoms with E-state index < -0.39 is 0 Å². The van der Waals surface area contributed by atoms with Crippen LogP contribution in [0.2, 0.25) is 0 Å². The molecule has 9 heteroatoms. The van der Waals surface area contributed by atoms with Crippen molar-refractivity contribution in [1.82, 2.24) is 14.5 Å². The average Bonchev–Trinajstić information content (AvgIpc) is 3.23. The van der Waals surface area contributed by atoms with E-state index >= 15 is 0 Å². The van der Waals surface area contributed by atoms with Crippen LogP contribution in [0.1, 0.15) is 18.4 Å². The molecule has 0 atom stereocenters. The highest BCUT2D eigenvalue weighted by Crippen LogP contribution is 2.25. The number of likely N-dealkylation sites (tertiary alicyclic amines) is 1. The molecule has 0 radical (unpaired) electrons. The summed E-state index contributed by atoms with van der Waals surface area (Å²) in [6.45, 7) is 3.96. The van der Waals surface area contributed by atoms with Gasteiger partial charge in [-0.2, -0.15) is 0 Å². The maximum atomic E-state index is 13.4. The number of nitro benzene ring substituents is 1. The SMILES string of the molecule is O=[N+]([O-])c1ccccc1NCCN1CCC(Nc2nc3ccccc3n2Cc2ccc(F)cc2)CC1. The molecule has 1 fully saturated rings. The lowest BCUT2D eigenvalue weighted by atomic mass is 10.1. The fraction of sp³-hybridized carbons (Fsp3) is 0.296. The first-order valence-corrected chi connectivity index (χ1v) is 12.2. The molecule has 4 aromatic rings. The van der Waals surface area contributed by atoms with Gasteiger partial charge in [-0.3, -0.25) is 10.1 Å². The van der Waals surface area contributed by atoms with Gasteiger partial charge in [0.2, 0.25) is 5.95 Å². The Bertz CT molecular complexity index is 1330. The van der Waals surface area contributed by atoms with Crippen molar-refractivity contribution in [3.63, 3.8) is 0 Å². The molecule has 36 heavy (non-hydrogen) atoms. The summed E-state index contributed by atoms with van der Waals surface area (Å²) in [4.78, 5) is 18.1. The molecule has 5 rings (SSSR count). The molecule has 2 N–H and O–H groups in total. The molecule has 1 aliphatic heterocycles. The van der Waals surface area contributed by atoms with Crippen LogP contribution in [0.4, 0.5) is 21.7 Å². The van der Waals surface area contributed by atoms with E-state index in [1.807, 2.05) is 30.3 Å². The molecule has 0 unspecified atom stereocenters. The minimum Gasteiger partial charge on any atom is -0.378 e. The van der Waals surface area contributed by atoms with Gasteiger partial charge in [0.05, 0.1) is 22.5 Å². The highest BCUT2D eigenvalue weighted by atomic mass is 19.1. The zero-order valence-corrected chi connectivity index (χ0v) is 19.9. The van der Waals surface area contributed by atoms with E-state index in [0.717, 1.165) is 55.0 Å². The molecule has 0 bridgehead atoms. The van der Waals surface area contributed by atoms with E-state index in [1.165, 1.54) is 18.2 Å². The van der Waals surface area contributed by atoms with Crippen LogP contribution in [-0.4, -0.2) is 51.6 Å². The molecule has 0 amide bonds. The predicted octanol–water partition coefficient (Wildman–Crippen LogP) is 5.12. The Kier molecular flexibility index (Phi) is 7.08. The Balaban J connectivity index is 1.18. The normalized spacial score (nSPS) is 14.7. The number of halogens is 1. The van der Waals surface area contributed by atoms with Gasteiger partial charge in [-0.15, -0.1) is 0 Å². The highest BCUT2D eigenvalue weighted by molar-refractivity contribution is 5.78. The Morgan fingerprint density at radius 1 is 1.00 bits per heavy atom. The minimum absolute atomic E-state index is 0.101. The van der Waals surface area contributed by atoms with E-state index in [0.29, 0.717) is 24.8 Å².